The molecule has 0 saturated carbocycles. The number of nitrogens with zero attached hydrogens (tertiary/aromatic N) is 1. The summed E-state index contributed by atoms with van der Waals surface area (Å²) in [5.41, 5.74) is 0.517. The molecule has 0 bridgehead atoms. The van der Waals surface area contributed by atoms with E-state index in [1.165, 1.54) is 0 Å². The van der Waals surface area contributed by atoms with Crippen LogP contribution in [0, 0.1) is 16.7 Å². The first-order valence-corrected chi connectivity index (χ1v) is 6.43. The average Bonchev–Trinajstić information content (AvgIpc) is 2.32. The molecule has 1 aliphatic heterocycles. The van der Waals surface area contributed by atoms with Crippen LogP contribution in [0.25, 0.3) is 0 Å². The molecule has 2 rings (SSSR count). The van der Waals surface area contributed by atoms with Crippen molar-refractivity contribution in [3.8, 4) is 11.8 Å². The molecular weight excluding hydrogens is 237 g/mol. The third-order valence-corrected chi connectivity index (χ3v) is 3.33. The third-order valence-electron chi connectivity index (χ3n) is 2.30. The van der Waals surface area contributed by atoms with Crippen LogP contribution in [-0.2, 0) is 9.05 Å². The Kier molecular flexibility index (Phi) is 3.63. The van der Waals surface area contributed by atoms with Crippen molar-refractivity contribution in [1.29, 1.82) is 5.26 Å². The summed E-state index contributed by atoms with van der Waals surface area (Å²) < 4.78 is 16.6. The van der Waals surface area contributed by atoms with Crippen LogP contribution in [0.5, 0.6) is 5.75 Å². The summed E-state index contributed by atoms with van der Waals surface area (Å²) in [6.07, 6.45) is 0. The van der Waals surface area contributed by atoms with E-state index < -0.39 is 8.60 Å². The number of para-hydroxylation sites is 1. The van der Waals surface area contributed by atoms with Crippen molar-refractivity contribution in [3.63, 3.8) is 0 Å². The second-order valence-electron chi connectivity index (χ2n) is 4.63. The van der Waals surface area contributed by atoms with Crippen molar-refractivity contribution in [2.75, 3.05) is 13.2 Å². The van der Waals surface area contributed by atoms with Crippen LogP contribution in [0.2, 0.25) is 0 Å². The fourth-order valence-electron chi connectivity index (χ4n) is 1.31. The number of benzene rings is 1. The first-order chi connectivity index (χ1) is 8.11. The van der Waals surface area contributed by atoms with Gasteiger partial charge in [0, 0.05) is 5.41 Å². The lowest BCUT2D eigenvalue weighted by atomic mass is 9.97. The molecule has 0 aliphatic carbocycles. The Labute approximate surface area is 102 Å². The van der Waals surface area contributed by atoms with Gasteiger partial charge in [0.15, 0.2) is 0 Å². The van der Waals surface area contributed by atoms with Gasteiger partial charge in [0.2, 0.25) is 0 Å². The quantitative estimate of drug-likeness (QED) is 0.757. The Morgan fingerprint density at radius 2 is 1.94 bits per heavy atom. The van der Waals surface area contributed by atoms with Crippen LogP contribution in [0.3, 0.4) is 0 Å². The standard InChI is InChI=1S/C12H14NO3P/c1-12(2)8-14-17(15-9-12)16-11-6-4-3-5-10(11)7-13/h3-6H,8-9H2,1-2H3. The molecule has 5 heteroatoms. The summed E-state index contributed by atoms with van der Waals surface area (Å²) in [7, 11) is -1.38. The highest BCUT2D eigenvalue weighted by molar-refractivity contribution is 7.42. The predicted molar refractivity (Wildman–Crippen MR) is 64.4 cm³/mol. The Hall–Kier alpha value is -1.14. The van der Waals surface area contributed by atoms with E-state index in [4.69, 9.17) is 18.8 Å². The summed E-state index contributed by atoms with van der Waals surface area (Å²) in [6.45, 7) is 5.35. The highest BCUT2D eigenvalue weighted by atomic mass is 31.2. The Morgan fingerprint density at radius 3 is 2.59 bits per heavy atom. The van der Waals surface area contributed by atoms with Gasteiger partial charge in [-0.25, -0.2) is 0 Å². The second kappa shape index (κ2) is 5.01. The van der Waals surface area contributed by atoms with Crippen LogP contribution in [0.1, 0.15) is 19.4 Å². The average molecular weight is 251 g/mol. The maximum absolute atomic E-state index is 8.93. The first kappa shape index (κ1) is 12.3. The molecule has 1 saturated heterocycles. The van der Waals surface area contributed by atoms with Crippen LogP contribution < -0.4 is 4.52 Å². The molecule has 0 atom stereocenters. The largest absolute Gasteiger partial charge is 0.425 e. The van der Waals surface area contributed by atoms with Gasteiger partial charge >= 0.3 is 8.60 Å². The summed E-state index contributed by atoms with van der Waals surface area (Å²) in [4.78, 5) is 0. The zero-order valence-electron chi connectivity index (χ0n) is 9.84. The lowest BCUT2D eigenvalue weighted by molar-refractivity contribution is 0.0426. The summed E-state index contributed by atoms with van der Waals surface area (Å²) in [6, 6.07) is 9.14. The van der Waals surface area contributed by atoms with Gasteiger partial charge < -0.3 is 13.6 Å². The van der Waals surface area contributed by atoms with Gasteiger partial charge in [-0.3, -0.25) is 0 Å². The predicted octanol–water partition coefficient (Wildman–Crippen LogP) is 3.24. The van der Waals surface area contributed by atoms with E-state index in [0.717, 1.165) is 0 Å². The molecule has 0 N–H and O–H groups in total. The Bertz CT molecular complexity index is 432. The van der Waals surface area contributed by atoms with E-state index in [0.29, 0.717) is 24.5 Å². The molecule has 1 fully saturated rings. The van der Waals surface area contributed by atoms with Gasteiger partial charge in [-0.2, -0.15) is 5.26 Å². The van der Waals surface area contributed by atoms with Crippen LogP contribution in [-0.4, -0.2) is 13.2 Å². The molecule has 17 heavy (non-hydrogen) atoms. The number of rotatable bonds is 2. The van der Waals surface area contributed by atoms with E-state index >= 15 is 0 Å². The van der Waals surface area contributed by atoms with Gasteiger partial charge in [-0.05, 0) is 12.1 Å². The van der Waals surface area contributed by atoms with Gasteiger partial charge in [0.05, 0.1) is 18.8 Å². The summed E-state index contributed by atoms with van der Waals surface area (Å²) >= 11 is 0. The van der Waals surface area contributed by atoms with E-state index in [2.05, 4.69) is 19.9 Å². The topological polar surface area (TPSA) is 51.5 Å². The summed E-state index contributed by atoms with van der Waals surface area (Å²) in [5, 5.41) is 8.93. The van der Waals surface area contributed by atoms with E-state index in [-0.39, 0.29) is 5.41 Å². The van der Waals surface area contributed by atoms with Crippen LogP contribution in [0.15, 0.2) is 24.3 Å². The lowest BCUT2D eigenvalue weighted by Gasteiger charge is -2.32. The molecule has 1 heterocycles. The van der Waals surface area contributed by atoms with Crippen molar-refractivity contribution >= 4 is 8.60 Å². The van der Waals surface area contributed by atoms with Crippen molar-refractivity contribution in [3.05, 3.63) is 29.8 Å². The minimum atomic E-state index is -1.38. The van der Waals surface area contributed by atoms with E-state index in [1.807, 2.05) is 6.07 Å². The molecule has 0 spiro atoms. The molecule has 1 aliphatic rings. The Balaban J connectivity index is 2.01. The van der Waals surface area contributed by atoms with E-state index in [1.54, 1.807) is 18.2 Å². The van der Waals surface area contributed by atoms with Gasteiger partial charge in [-0.15, -0.1) is 0 Å². The molecular formula is C12H14NO3P. The zero-order valence-corrected chi connectivity index (χ0v) is 10.7. The van der Waals surface area contributed by atoms with Gasteiger partial charge in [0.1, 0.15) is 11.8 Å². The fraction of sp³-hybridized carbons (Fsp3) is 0.417. The lowest BCUT2D eigenvalue weighted by Crippen LogP contribution is -2.29. The maximum Gasteiger partial charge on any atom is 0.397 e. The summed E-state index contributed by atoms with van der Waals surface area (Å²) in [5.74, 6) is 0.515. The maximum atomic E-state index is 8.93. The highest BCUT2D eigenvalue weighted by Crippen LogP contribution is 2.47. The van der Waals surface area contributed by atoms with E-state index in [9.17, 15) is 0 Å². The van der Waals surface area contributed by atoms with Crippen LogP contribution in [0.4, 0.5) is 0 Å². The van der Waals surface area contributed by atoms with Gasteiger partial charge in [0.25, 0.3) is 0 Å². The molecule has 1 aromatic rings. The Morgan fingerprint density at radius 1 is 1.29 bits per heavy atom. The van der Waals surface area contributed by atoms with Crippen molar-refractivity contribution in [1.82, 2.24) is 0 Å². The SMILES string of the molecule is CC1(C)COP(Oc2ccccc2C#N)OC1. The molecule has 0 aromatic heterocycles. The number of hydrogen-bond donors (Lipinski definition) is 0. The van der Waals surface area contributed by atoms with Crippen molar-refractivity contribution in [2.24, 2.45) is 5.41 Å². The minimum Gasteiger partial charge on any atom is -0.425 e. The molecule has 0 radical (unpaired) electrons. The second-order valence-corrected chi connectivity index (χ2v) is 5.78. The molecule has 0 unspecified atom stereocenters. The first-order valence-electron chi connectivity index (χ1n) is 5.34. The smallest absolute Gasteiger partial charge is 0.397 e. The minimum absolute atomic E-state index is 0.0247. The normalized spacial score (nSPS) is 19.6. The third kappa shape index (κ3) is 3.17. The van der Waals surface area contributed by atoms with Crippen LogP contribution >= 0.6 is 8.60 Å². The zero-order chi connectivity index (χ0) is 12.3. The molecule has 1 aromatic carbocycles. The van der Waals surface area contributed by atoms with Crippen molar-refractivity contribution < 1.29 is 13.6 Å². The number of hydrogen-bond acceptors (Lipinski definition) is 4. The van der Waals surface area contributed by atoms with Crippen molar-refractivity contribution in [2.45, 2.75) is 13.8 Å². The monoisotopic (exact) mass is 251 g/mol. The molecule has 4 nitrogen and oxygen atoms in total. The number of nitriles is 1. The molecule has 90 valence electrons. The fourth-order valence-corrected chi connectivity index (χ4v) is 2.71. The van der Waals surface area contributed by atoms with Gasteiger partial charge in [-0.1, -0.05) is 26.0 Å². The highest BCUT2D eigenvalue weighted by Gasteiger charge is 2.31. The molecule has 0 amide bonds.